The Morgan fingerprint density at radius 1 is 1.22 bits per heavy atom. The fraction of sp³-hybridized carbons (Fsp3) is 0.667. The Labute approximate surface area is 112 Å². The highest BCUT2D eigenvalue weighted by Gasteiger charge is 2.14. The van der Waals surface area contributed by atoms with Crippen LogP contribution in [0.1, 0.15) is 39.0 Å². The van der Waals surface area contributed by atoms with Crippen LogP contribution in [0.25, 0.3) is 0 Å². The Hall–Kier alpha value is -1.09. The number of carbonyl (C=O) groups excluding carboxylic acids is 1. The van der Waals surface area contributed by atoms with Gasteiger partial charge >= 0.3 is 0 Å². The molecule has 0 fully saturated rings. The Balaban J connectivity index is 4.16. The lowest BCUT2D eigenvalue weighted by Gasteiger charge is -2.21. The number of rotatable bonds is 11. The molecule has 2 N–H and O–H groups in total. The van der Waals surface area contributed by atoms with Gasteiger partial charge in [-0.3, -0.25) is 4.79 Å². The Morgan fingerprint density at radius 3 is 2.28 bits per heavy atom. The molecule has 0 saturated heterocycles. The average Bonchev–Trinajstić information content (AvgIpc) is 2.36. The van der Waals surface area contributed by atoms with Crippen LogP contribution in [0.5, 0.6) is 0 Å². The molecule has 0 aromatic rings. The zero-order valence-corrected chi connectivity index (χ0v) is 11.7. The van der Waals surface area contributed by atoms with Crippen molar-refractivity contribution in [1.82, 2.24) is 4.90 Å². The van der Waals surface area contributed by atoms with Crippen LogP contribution >= 0.6 is 0 Å². The number of nitrogens with two attached hydrogens (primary N) is 1. The summed E-state index contributed by atoms with van der Waals surface area (Å²) in [6, 6.07) is 0. The maximum Gasteiger partial charge on any atom is 0.223 e. The van der Waals surface area contributed by atoms with Crippen LogP contribution < -0.4 is 5.73 Å². The summed E-state index contributed by atoms with van der Waals surface area (Å²) in [6.45, 7) is 11.4. The number of hydrogen-bond donors (Lipinski definition) is 1. The molecule has 3 heteroatoms. The Kier molecular flexibility index (Phi) is 10.4. The lowest BCUT2D eigenvalue weighted by atomic mass is 9.94. The number of amides is 1. The van der Waals surface area contributed by atoms with Crippen LogP contribution in [-0.4, -0.2) is 30.4 Å². The van der Waals surface area contributed by atoms with Crippen LogP contribution in [-0.2, 0) is 4.79 Å². The van der Waals surface area contributed by atoms with Crippen LogP contribution in [0.2, 0.25) is 0 Å². The van der Waals surface area contributed by atoms with Gasteiger partial charge in [0.1, 0.15) is 0 Å². The van der Waals surface area contributed by atoms with Gasteiger partial charge in [0.25, 0.3) is 0 Å². The molecule has 0 aromatic carbocycles. The van der Waals surface area contributed by atoms with E-state index in [-0.39, 0.29) is 5.91 Å². The van der Waals surface area contributed by atoms with Gasteiger partial charge < -0.3 is 10.6 Å². The van der Waals surface area contributed by atoms with E-state index < -0.39 is 0 Å². The molecule has 0 bridgehead atoms. The standard InChI is InChI=1S/C15H28N2O/c1-4-7-14(10-11-16)8-9-15(18)17(12-5-2)13-6-3/h5-6,14H,2-4,7-13,16H2,1H3. The molecule has 18 heavy (non-hydrogen) atoms. The van der Waals surface area contributed by atoms with E-state index in [1.165, 1.54) is 0 Å². The van der Waals surface area contributed by atoms with Crippen molar-refractivity contribution in [2.24, 2.45) is 11.7 Å². The summed E-state index contributed by atoms with van der Waals surface area (Å²) >= 11 is 0. The van der Waals surface area contributed by atoms with E-state index in [0.717, 1.165) is 25.7 Å². The first-order valence-electron chi connectivity index (χ1n) is 6.89. The smallest absolute Gasteiger partial charge is 0.223 e. The molecule has 104 valence electrons. The molecule has 0 aromatic heterocycles. The summed E-state index contributed by atoms with van der Waals surface area (Å²) in [5, 5.41) is 0. The maximum absolute atomic E-state index is 12.0. The minimum absolute atomic E-state index is 0.188. The monoisotopic (exact) mass is 252 g/mol. The maximum atomic E-state index is 12.0. The molecule has 1 atom stereocenters. The van der Waals surface area contributed by atoms with Crippen LogP contribution in [0.3, 0.4) is 0 Å². The van der Waals surface area contributed by atoms with Crippen molar-refractivity contribution in [2.45, 2.75) is 39.0 Å². The molecule has 3 nitrogen and oxygen atoms in total. The topological polar surface area (TPSA) is 46.3 Å². The molecule has 0 rings (SSSR count). The number of carbonyl (C=O) groups is 1. The van der Waals surface area contributed by atoms with E-state index >= 15 is 0 Å². The second kappa shape index (κ2) is 11.0. The van der Waals surface area contributed by atoms with E-state index in [1.807, 2.05) is 0 Å². The van der Waals surface area contributed by atoms with E-state index in [1.54, 1.807) is 17.1 Å². The summed E-state index contributed by atoms with van der Waals surface area (Å²) in [5.74, 6) is 0.770. The minimum Gasteiger partial charge on any atom is -0.335 e. The third-order valence-electron chi connectivity index (χ3n) is 3.09. The summed E-state index contributed by atoms with van der Waals surface area (Å²) < 4.78 is 0. The second-order valence-electron chi connectivity index (χ2n) is 4.65. The molecule has 0 radical (unpaired) electrons. The van der Waals surface area contributed by atoms with Crippen LogP contribution in [0.4, 0.5) is 0 Å². The van der Waals surface area contributed by atoms with Crippen molar-refractivity contribution in [3.63, 3.8) is 0 Å². The predicted octanol–water partition coefficient (Wildman–Crippen LogP) is 2.73. The molecular formula is C15H28N2O. The van der Waals surface area contributed by atoms with Crippen molar-refractivity contribution < 1.29 is 4.79 Å². The summed E-state index contributed by atoms with van der Waals surface area (Å²) in [7, 11) is 0. The van der Waals surface area contributed by atoms with Crippen molar-refractivity contribution in [3.05, 3.63) is 25.3 Å². The van der Waals surface area contributed by atoms with Gasteiger partial charge in [0, 0.05) is 19.5 Å². The first kappa shape index (κ1) is 16.9. The minimum atomic E-state index is 0.188. The SMILES string of the molecule is C=CCN(CC=C)C(=O)CCC(CCC)CCN. The normalized spacial score (nSPS) is 11.9. The van der Waals surface area contributed by atoms with Crippen molar-refractivity contribution in [1.29, 1.82) is 0 Å². The van der Waals surface area contributed by atoms with Crippen LogP contribution in [0.15, 0.2) is 25.3 Å². The Bertz CT molecular complexity index is 235. The first-order valence-corrected chi connectivity index (χ1v) is 6.89. The lowest BCUT2D eigenvalue weighted by molar-refractivity contribution is -0.130. The third-order valence-corrected chi connectivity index (χ3v) is 3.09. The summed E-state index contributed by atoms with van der Waals surface area (Å²) in [6.07, 6.45) is 8.38. The molecule has 0 heterocycles. The van der Waals surface area contributed by atoms with Gasteiger partial charge in [-0.2, -0.15) is 0 Å². The van der Waals surface area contributed by atoms with Crippen molar-refractivity contribution in [2.75, 3.05) is 19.6 Å². The lowest BCUT2D eigenvalue weighted by Crippen LogP contribution is -2.31. The molecule has 0 aliphatic heterocycles. The molecule has 0 spiro atoms. The van der Waals surface area contributed by atoms with Crippen LogP contribution in [0, 0.1) is 5.92 Å². The first-order chi connectivity index (χ1) is 8.69. The highest BCUT2D eigenvalue weighted by atomic mass is 16.2. The molecule has 1 amide bonds. The van der Waals surface area contributed by atoms with E-state index in [4.69, 9.17) is 5.73 Å². The van der Waals surface area contributed by atoms with Gasteiger partial charge in [-0.05, 0) is 25.3 Å². The fourth-order valence-corrected chi connectivity index (χ4v) is 2.15. The van der Waals surface area contributed by atoms with Crippen molar-refractivity contribution in [3.8, 4) is 0 Å². The fourth-order valence-electron chi connectivity index (χ4n) is 2.15. The van der Waals surface area contributed by atoms with Gasteiger partial charge in [-0.1, -0.05) is 31.9 Å². The predicted molar refractivity (Wildman–Crippen MR) is 78.3 cm³/mol. The Morgan fingerprint density at radius 2 is 1.83 bits per heavy atom. The molecular weight excluding hydrogens is 224 g/mol. The largest absolute Gasteiger partial charge is 0.335 e. The highest BCUT2D eigenvalue weighted by molar-refractivity contribution is 5.76. The third kappa shape index (κ3) is 7.28. The van der Waals surface area contributed by atoms with Gasteiger partial charge in [-0.15, -0.1) is 13.2 Å². The number of nitrogens with zero attached hydrogens (tertiary/aromatic N) is 1. The van der Waals surface area contributed by atoms with Gasteiger partial charge in [0.2, 0.25) is 5.91 Å². The van der Waals surface area contributed by atoms with E-state index in [2.05, 4.69) is 20.1 Å². The van der Waals surface area contributed by atoms with E-state index in [0.29, 0.717) is 32.0 Å². The zero-order chi connectivity index (χ0) is 13.8. The highest BCUT2D eigenvalue weighted by Crippen LogP contribution is 2.17. The van der Waals surface area contributed by atoms with Gasteiger partial charge in [-0.25, -0.2) is 0 Å². The average molecular weight is 252 g/mol. The summed E-state index contributed by atoms with van der Waals surface area (Å²) in [4.78, 5) is 13.8. The van der Waals surface area contributed by atoms with Crippen molar-refractivity contribution >= 4 is 5.91 Å². The molecule has 0 aliphatic rings. The van der Waals surface area contributed by atoms with Gasteiger partial charge in [0.15, 0.2) is 0 Å². The quantitative estimate of drug-likeness (QED) is 0.575. The molecule has 0 aliphatic carbocycles. The van der Waals surface area contributed by atoms with E-state index in [9.17, 15) is 4.79 Å². The second-order valence-corrected chi connectivity index (χ2v) is 4.65. The zero-order valence-electron chi connectivity index (χ0n) is 11.7. The summed E-state index contributed by atoms with van der Waals surface area (Å²) in [5.41, 5.74) is 5.60. The molecule has 1 unspecified atom stereocenters. The number of hydrogen-bond acceptors (Lipinski definition) is 2. The van der Waals surface area contributed by atoms with Gasteiger partial charge in [0.05, 0.1) is 0 Å². The molecule has 0 saturated carbocycles.